The number of benzene rings is 1. The molecule has 3 rings (SSSR count). The van der Waals surface area contributed by atoms with Crippen LogP contribution in [0, 0.1) is 0 Å². The Kier molecular flexibility index (Phi) is 3.24. The largest absolute Gasteiger partial charge is 0.322 e. The highest BCUT2D eigenvalue weighted by Crippen LogP contribution is 2.33. The van der Waals surface area contributed by atoms with Crippen LogP contribution >= 0.6 is 0 Å². The van der Waals surface area contributed by atoms with Gasteiger partial charge in [0.05, 0.1) is 0 Å². The average Bonchev–Trinajstić information content (AvgIpc) is 2.74. The molecular weight excluding hydrogens is 252 g/mol. The lowest BCUT2D eigenvalue weighted by molar-refractivity contribution is -0.123. The summed E-state index contributed by atoms with van der Waals surface area (Å²) in [5.41, 5.74) is 1.24. The highest BCUT2D eigenvalue weighted by atomic mass is 16.2. The number of urea groups is 1. The van der Waals surface area contributed by atoms with E-state index in [1.165, 1.54) is 37.7 Å². The third kappa shape index (κ3) is 2.19. The second-order valence-electron chi connectivity index (χ2n) is 5.99. The van der Waals surface area contributed by atoms with Crippen LogP contribution < -0.4 is 10.6 Å². The number of rotatable bonds is 2. The van der Waals surface area contributed by atoms with Crippen LogP contribution in [0.4, 0.5) is 4.79 Å². The van der Waals surface area contributed by atoms with Crippen LogP contribution in [-0.2, 0) is 10.3 Å². The Labute approximate surface area is 118 Å². The van der Waals surface area contributed by atoms with E-state index in [9.17, 15) is 9.59 Å². The summed E-state index contributed by atoms with van der Waals surface area (Å²) >= 11 is 0. The number of carbonyl (C=O) groups excluding carboxylic acids is 2. The Bertz CT molecular complexity index is 532. The molecule has 0 spiro atoms. The van der Waals surface area contributed by atoms with Crippen molar-refractivity contribution in [1.29, 1.82) is 0 Å². The van der Waals surface area contributed by atoms with Gasteiger partial charge >= 0.3 is 6.03 Å². The lowest BCUT2D eigenvalue weighted by Gasteiger charge is -2.24. The number of nitrogens with one attached hydrogen (secondary N) is 2. The molecule has 106 valence electrons. The third-order valence-electron chi connectivity index (χ3n) is 4.61. The number of imide groups is 1. The van der Waals surface area contributed by atoms with Gasteiger partial charge in [-0.3, -0.25) is 10.1 Å². The first-order valence-electron chi connectivity index (χ1n) is 7.33. The minimum absolute atomic E-state index is 0.284. The minimum Gasteiger partial charge on any atom is -0.320 e. The van der Waals surface area contributed by atoms with Gasteiger partial charge in [0, 0.05) is 0 Å². The van der Waals surface area contributed by atoms with Crippen LogP contribution in [0.1, 0.15) is 56.1 Å². The molecule has 1 aromatic carbocycles. The highest BCUT2D eigenvalue weighted by molar-refractivity contribution is 6.07. The highest BCUT2D eigenvalue weighted by Gasteiger charge is 2.43. The summed E-state index contributed by atoms with van der Waals surface area (Å²) in [6, 6.07) is 7.72. The molecule has 1 unspecified atom stereocenters. The Morgan fingerprint density at radius 3 is 2.25 bits per heavy atom. The van der Waals surface area contributed by atoms with Crippen LogP contribution in [-0.4, -0.2) is 11.9 Å². The summed E-state index contributed by atoms with van der Waals surface area (Å²) in [4.78, 5) is 23.2. The van der Waals surface area contributed by atoms with Crippen molar-refractivity contribution >= 4 is 11.9 Å². The molecule has 2 aliphatic rings. The van der Waals surface area contributed by atoms with E-state index in [1.54, 1.807) is 6.92 Å². The van der Waals surface area contributed by atoms with Crippen molar-refractivity contribution in [2.75, 3.05) is 0 Å². The van der Waals surface area contributed by atoms with Gasteiger partial charge in [-0.1, -0.05) is 43.5 Å². The fourth-order valence-corrected chi connectivity index (χ4v) is 3.27. The predicted octanol–water partition coefficient (Wildman–Crippen LogP) is 2.79. The van der Waals surface area contributed by atoms with Gasteiger partial charge in [-0.05, 0) is 36.8 Å². The minimum atomic E-state index is -0.942. The van der Waals surface area contributed by atoms with E-state index < -0.39 is 11.6 Å². The molecule has 1 aliphatic carbocycles. The quantitative estimate of drug-likeness (QED) is 0.813. The van der Waals surface area contributed by atoms with Crippen molar-refractivity contribution in [3.63, 3.8) is 0 Å². The average molecular weight is 272 g/mol. The number of hydrogen-bond acceptors (Lipinski definition) is 2. The lowest BCUT2D eigenvalue weighted by Crippen LogP contribution is -2.40. The first-order valence-corrected chi connectivity index (χ1v) is 7.33. The van der Waals surface area contributed by atoms with Crippen LogP contribution in [0.3, 0.4) is 0 Å². The molecule has 4 heteroatoms. The fraction of sp³-hybridized carbons (Fsp3) is 0.500. The fourth-order valence-electron chi connectivity index (χ4n) is 3.27. The molecule has 1 saturated heterocycles. The van der Waals surface area contributed by atoms with Gasteiger partial charge in [0.25, 0.3) is 5.91 Å². The van der Waals surface area contributed by atoms with Gasteiger partial charge in [-0.2, -0.15) is 0 Å². The zero-order chi connectivity index (χ0) is 14.2. The zero-order valence-electron chi connectivity index (χ0n) is 11.7. The molecule has 3 amide bonds. The first-order chi connectivity index (χ1) is 9.59. The van der Waals surface area contributed by atoms with E-state index in [2.05, 4.69) is 22.8 Å². The zero-order valence-corrected chi connectivity index (χ0v) is 11.7. The summed E-state index contributed by atoms with van der Waals surface area (Å²) in [6.07, 6.45) is 6.48. The van der Waals surface area contributed by atoms with Crippen molar-refractivity contribution in [1.82, 2.24) is 10.6 Å². The second-order valence-corrected chi connectivity index (χ2v) is 5.99. The van der Waals surface area contributed by atoms with Crippen LogP contribution in [0.15, 0.2) is 24.3 Å². The van der Waals surface area contributed by atoms with Crippen LogP contribution in [0.2, 0.25) is 0 Å². The van der Waals surface area contributed by atoms with Crippen molar-refractivity contribution in [3.05, 3.63) is 35.4 Å². The SMILES string of the molecule is CC1(c2ccc(C3CCCCC3)cc2)NC(=O)NC1=O. The van der Waals surface area contributed by atoms with Gasteiger partial charge < -0.3 is 5.32 Å². The normalized spacial score (nSPS) is 27.2. The van der Waals surface area contributed by atoms with Gasteiger partial charge in [0.2, 0.25) is 0 Å². The number of carbonyl (C=O) groups is 2. The molecule has 1 aliphatic heterocycles. The van der Waals surface area contributed by atoms with Crippen molar-refractivity contribution < 1.29 is 9.59 Å². The molecule has 0 radical (unpaired) electrons. The molecule has 1 atom stereocenters. The Morgan fingerprint density at radius 1 is 1.05 bits per heavy atom. The van der Waals surface area contributed by atoms with E-state index in [4.69, 9.17) is 0 Å². The van der Waals surface area contributed by atoms with Gasteiger partial charge in [-0.25, -0.2) is 4.79 Å². The molecule has 2 N–H and O–H groups in total. The summed E-state index contributed by atoms with van der Waals surface area (Å²) in [5.74, 6) is 0.366. The molecule has 0 aromatic heterocycles. The lowest BCUT2D eigenvalue weighted by atomic mass is 9.82. The monoisotopic (exact) mass is 272 g/mol. The van der Waals surface area contributed by atoms with E-state index in [0.29, 0.717) is 5.92 Å². The molecule has 1 aromatic rings. The molecule has 1 saturated carbocycles. The summed E-state index contributed by atoms with van der Waals surface area (Å²) in [6.45, 7) is 1.74. The van der Waals surface area contributed by atoms with Crippen LogP contribution in [0.25, 0.3) is 0 Å². The maximum atomic E-state index is 11.9. The third-order valence-corrected chi connectivity index (χ3v) is 4.61. The number of amides is 3. The van der Waals surface area contributed by atoms with Crippen molar-refractivity contribution in [2.45, 2.75) is 50.5 Å². The van der Waals surface area contributed by atoms with E-state index in [1.807, 2.05) is 12.1 Å². The molecule has 2 fully saturated rings. The molecule has 4 nitrogen and oxygen atoms in total. The van der Waals surface area contributed by atoms with Gasteiger partial charge in [-0.15, -0.1) is 0 Å². The van der Waals surface area contributed by atoms with E-state index in [-0.39, 0.29) is 5.91 Å². The topological polar surface area (TPSA) is 58.2 Å². The molecule has 20 heavy (non-hydrogen) atoms. The summed E-state index contributed by atoms with van der Waals surface area (Å²) in [5, 5.41) is 4.99. The van der Waals surface area contributed by atoms with Crippen LogP contribution in [0.5, 0.6) is 0 Å². The number of hydrogen-bond donors (Lipinski definition) is 2. The Balaban J connectivity index is 1.82. The van der Waals surface area contributed by atoms with Gasteiger partial charge in [0.1, 0.15) is 5.54 Å². The second kappa shape index (κ2) is 4.93. The molecular formula is C16H20N2O2. The molecule has 0 bridgehead atoms. The van der Waals surface area contributed by atoms with E-state index >= 15 is 0 Å². The summed E-state index contributed by atoms with van der Waals surface area (Å²) in [7, 11) is 0. The smallest absolute Gasteiger partial charge is 0.320 e. The first kappa shape index (κ1) is 13.2. The van der Waals surface area contributed by atoms with E-state index in [0.717, 1.165) is 5.56 Å². The summed E-state index contributed by atoms with van der Waals surface area (Å²) < 4.78 is 0. The van der Waals surface area contributed by atoms with Crippen molar-refractivity contribution in [3.8, 4) is 0 Å². The maximum Gasteiger partial charge on any atom is 0.322 e. The Morgan fingerprint density at radius 2 is 1.70 bits per heavy atom. The standard InChI is InChI=1S/C16H20N2O2/c1-16(14(19)17-15(20)18-16)13-9-7-12(8-10-13)11-5-3-2-4-6-11/h7-11H,2-6H2,1H3,(H2,17,18,19,20). The van der Waals surface area contributed by atoms with Crippen molar-refractivity contribution in [2.24, 2.45) is 0 Å². The maximum absolute atomic E-state index is 11.9. The Hall–Kier alpha value is -1.84. The molecule has 1 heterocycles. The van der Waals surface area contributed by atoms with Gasteiger partial charge in [0.15, 0.2) is 0 Å². The predicted molar refractivity (Wildman–Crippen MR) is 76.3 cm³/mol.